The molecule has 1 fully saturated rings. The summed E-state index contributed by atoms with van der Waals surface area (Å²) >= 11 is 0. The molecule has 0 spiro atoms. The van der Waals surface area contributed by atoms with Gasteiger partial charge in [-0.3, -0.25) is 14.6 Å². The second-order valence-corrected chi connectivity index (χ2v) is 5.39. The summed E-state index contributed by atoms with van der Waals surface area (Å²) in [7, 11) is 0. The number of benzene rings is 1. The molecule has 1 saturated heterocycles. The highest BCUT2D eigenvalue weighted by molar-refractivity contribution is 6.40. The standard InChI is InChI=1S/C15H17FN4O3/c16-10-1-3-11(4-2-10)20-13(14(17)21)9-12(18-20)15(22)19-5-7-23-8-6-19/h1-4,13H,5-9H2,(H2,17,21)/t13-/m1/s1. The molecule has 0 aliphatic carbocycles. The van der Waals surface area contributed by atoms with Gasteiger partial charge < -0.3 is 15.4 Å². The molecule has 0 unspecified atom stereocenters. The van der Waals surface area contributed by atoms with Crippen molar-refractivity contribution in [2.45, 2.75) is 12.5 Å². The molecule has 1 atom stereocenters. The summed E-state index contributed by atoms with van der Waals surface area (Å²) in [5.41, 5.74) is 6.21. The Morgan fingerprint density at radius 3 is 2.48 bits per heavy atom. The second kappa shape index (κ2) is 6.33. The van der Waals surface area contributed by atoms with Gasteiger partial charge in [0.2, 0.25) is 5.91 Å². The average Bonchev–Trinajstić information content (AvgIpc) is 3.01. The SMILES string of the molecule is NC(=O)[C@H]1CC(C(=O)N2CCOCC2)=NN1c1ccc(F)cc1. The van der Waals surface area contributed by atoms with Gasteiger partial charge in [0.15, 0.2) is 0 Å². The van der Waals surface area contributed by atoms with Crippen molar-refractivity contribution in [2.75, 3.05) is 31.3 Å². The molecular weight excluding hydrogens is 303 g/mol. The van der Waals surface area contributed by atoms with Crippen molar-refractivity contribution in [2.24, 2.45) is 10.8 Å². The van der Waals surface area contributed by atoms with Crippen LogP contribution in [0, 0.1) is 5.82 Å². The van der Waals surface area contributed by atoms with Gasteiger partial charge in [-0.25, -0.2) is 4.39 Å². The van der Waals surface area contributed by atoms with Gasteiger partial charge in [0.25, 0.3) is 5.91 Å². The molecule has 23 heavy (non-hydrogen) atoms. The van der Waals surface area contributed by atoms with Crippen LogP contribution >= 0.6 is 0 Å². The highest BCUT2D eigenvalue weighted by atomic mass is 19.1. The molecule has 122 valence electrons. The van der Waals surface area contributed by atoms with Gasteiger partial charge in [-0.15, -0.1) is 0 Å². The second-order valence-electron chi connectivity index (χ2n) is 5.39. The summed E-state index contributed by atoms with van der Waals surface area (Å²) in [5.74, 6) is -1.19. The largest absolute Gasteiger partial charge is 0.378 e. The number of halogens is 1. The molecule has 3 rings (SSSR count). The van der Waals surface area contributed by atoms with Gasteiger partial charge in [-0.1, -0.05) is 0 Å². The molecule has 2 N–H and O–H groups in total. The smallest absolute Gasteiger partial charge is 0.270 e. The Hall–Kier alpha value is -2.48. The van der Waals surface area contributed by atoms with Crippen LogP contribution in [0.15, 0.2) is 29.4 Å². The van der Waals surface area contributed by atoms with Crippen LogP contribution in [0.4, 0.5) is 10.1 Å². The lowest BCUT2D eigenvalue weighted by atomic mass is 10.1. The Morgan fingerprint density at radius 1 is 1.22 bits per heavy atom. The summed E-state index contributed by atoms with van der Waals surface area (Å²) in [6.45, 7) is 1.96. The fraction of sp³-hybridized carbons (Fsp3) is 0.400. The number of hydrogen-bond donors (Lipinski definition) is 1. The number of carbonyl (C=O) groups is 2. The Morgan fingerprint density at radius 2 is 1.87 bits per heavy atom. The number of hydrazone groups is 1. The van der Waals surface area contributed by atoms with E-state index < -0.39 is 17.8 Å². The van der Waals surface area contributed by atoms with Crippen molar-refractivity contribution >= 4 is 23.2 Å². The summed E-state index contributed by atoms with van der Waals surface area (Å²) < 4.78 is 18.3. The number of rotatable bonds is 3. The predicted octanol–water partition coefficient (Wildman–Crippen LogP) is 0.105. The Labute approximate surface area is 132 Å². The van der Waals surface area contributed by atoms with Crippen LogP contribution in [0.2, 0.25) is 0 Å². The van der Waals surface area contributed by atoms with E-state index in [1.54, 1.807) is 4.90 Å². The zero-order chi connectivity index (χ0) is 16.4. The van der Waals surface area contributed by atoms with E-state index in [-0.39, 0.29) is 18.0 Å². The first-order chi connectivity index (χ1) is 11.1. The Bertz CT molecular complexity index is 641. The maximum atomic E-state index is 13.1. The molecule has 1 aromatic carbocycles. The number of primary amides is 1. The van der Waals surface area contributed by atoms with Gasteiger partial charge in [0.1, 0.15) is 17.6 Å². The van der Waals surface area contributed by atoms with E-state index in [0.29, 0.717) is 32.0 Å². The van der Waals surface area contributed by atoms with Crippen molar-refractivity contribution in [3.63, 3.8) is 0 Å². The van der Waals surface area contributed by atoms with E-state index in [1.165, 1.54) is 29.3 Å². The lowest BCUT2D eigenvalue weighted by Crippen LogP contribution is -2.44. The first kappa shape index (κ1) is 15.4. The maximum absolute atomic E-state index is 13.1. The molecule has 2 aliphatic rings. The number of carbonyl (C=O) groups excluding carboxylic acids is 2. The Kier molecular flexibility index (Phi) is 4.24. The molecule has 2 amide bonds. The van der Waals surface area contributed by atoms with E-state index in [0.717, 1.165) is 0 Å². The third kappa shape index (κ3) is 3.16. The zero-order valence-corrected chi connectivity index (χ0v) is 12.4. The molecular formula is C15H17FN4O3. The molecule has 0 aromatic heterocycles. The molecule has 2 heterocycles. The van der Waals surface area contributed by atoms with Crippen LogP contribution in [0.1, 0.15) is 6.42 Å². The average molecular weight is 320 g/mol. The van der Waals surface area contributed by atoms with E-state index in [4.69, 9.17) is 10.5 Å². The number of nitrogens with zero attached hydrogens (tertiary/aromatic N) is 3. The predicted molar refractivity (Wildman–Crippen MR) is 81.3 cm³/mol. The molecule has 2 aliphatic heterocycles. The summed E-state index contributed by atoms with van der Waals surface area (Å²) in [6.07, 6.45) is 0.142. The van der Waals surface area contributed by atoms with Crippen molar-refractivity contribution in [1.82, 2.24) is 4.90 Å². The van der Waals surface area contributed by atoms with Gasteiger partial charge in [0.05, 0.1) is 18.9 Å². The van der Waals surface area contributed by atoms with Crippen molar-refractivity contribution in [3.8, 4) is 0 Å². The fourth-order valence-corrected chi connectivity index (χ4v) is 2.64. The quantitative estimate of drug-likeness (QED) is 0.856. The lowest BCUT2D eigenvalue weighted by Gasteiger charge is -2.26. The zero-order valence-electron chi connectivity index (χ0n) is 12.4. The van der Waals surface area contributed by atoms with Crippen LogP contribution in [-0.2, 0) is 14.3 Å². The summed E-state index contributed by atoms with van der Waals surface area (Å²) in [4.78, 5) is 25.8. The highest BCUT2D eigenvalue weighted by Crippen LogP contribution is 2.25. The van der Waals surface area contributed by atoms with Crippen LogP contribution in [0.25, 0.3) is 0 Å². The van der Waals surface area contributed by atoms with Gasteiger partial charge in [-0.2, -0.15) is 5.10 Å². The van der Waals surface area contributed by atoms with Gasteiger partial charge in [0, 0.05) is 19.5 Å². The Balaban J connectivity index is 1.84. The van der Waals surface area contributed by atoms with Crippen LogP contribution in [0.5, 0.6) is 0 Å². The van der Waals surface area contributed by atoms with E-state index in [9.17, 15) is 14.0 Å². The van der Waals surface area contributed by atoms with Gasteiger partial charge >= 0.3 is 0 Å². The van der Waals surface area contributed by atoms with Crippen molar-refractivity contribution in [3.05, 3.63) is 30.1 Å². The first-order valence-electron chi connectivity index (χ1n) is 7.35. The molecule has 1 aromatic rings. The van der Waals surface area contributed by atoms with Gasteiger partial charge in [-0.05, 0) is 24.3 Å². The lowest BCUT2D eigenvalue weighted by molar-refractivity contribution is -0.128. The maximum Gasteiger partial charge on any atom is 0.270 e. The minimum atomic E-state index is -0.750. The third-order valence-electron chi connectivity index (χ3n) is 3.88. The minimum absolute atomic E-state index is 0.142. The molecule has 7 nitrogen and oxygen atoms in total. The number of morpholine rings is 1. The topological polar surface area (TPSA) is 88.2 Å². The molecule has 0 radical (unpaired) electrons. The van der Waals surface area contributed by atoms with E-state index in [1.807, 2.05) is 0 Å². The van der Waals surface area contributed by atoms with E-state index >= 15 is 0 Å². The molecule has 8 heteroatoms. The monoisotopic (exact) mass is 320 g/mol. The van der Waals surface area contributed by atoms with E-state index in [2.05, 4.69) is 5.10 Å². The molecule has 0 bridgehead atoms. The molecule has 0 saturated carbocycles. The van der Waals surface area contributed by atoms with Crippen LogP contribution < -0.4 is 10.7 Å². The number of hydrogen-bond acceptors (Lipinski definition) is 5. The number of ether oxygens (including phenoxy) is 1. The number of anilines is 1. The third-order valence-corrected chi connectivity index (χ3v) is 3.88. The highest BCUT2D eigenvalue weighted by Gasteiger charge is 2.36. The van der Waals surface area contributed by atoms with Crippen molar-refractivity contribution < 1.29 is 18.7 Å². The summed E-state index contributed by atoms with van der Waals surface area (Å²) in [5, 5.41) is 5.64. The fourth-order valence-electron chi connectivity index (χ4n) is 2.64. The van der Waals surface area contributed by atoms with Crippen LogP contribution in [-0.4, -0.2) is 54.8 Å². The van der Waals surface area contributed by atoms with Crippen LogP contribution in [0.3, 0.4) is 0 Å². The minimum Gasteiger partial charge on any atom is -0.378 e. The van der Waals surface area contributed by atoms with Crippen molar-refractivity contribution in [1.29, 1.82) is 0 Å². The summed E-state index contributed by atoms with van der Waals surface area (Å²) in [6, 6.07) is 4.78. The number of nitrogens with two attached hydrogens (primary N) is 1. The first-order valence-corrected chi connectivity index (χ1v) is 7.35. The number of amides is 2. The normalized spacial score (nSPS) is 21.3.